The summed E-state index contributed by atoms with van der Waals surface area (Å²) >= 11 is 0. The minimum absolute atomic E-state index is 0.180. The Morgan fingerprint density at radius 3 is 2.31 bits per heavy atom. The second-order valence-electron chi connectivity index (χ2n) is 7.75. The van der Waals surface area contributed by atoms with Gasteiger partial charge < -0.3 is 5.73 Å². The number of fused-ring (bicyclic) bond motifs is 9. The second-order valence-corrected chi connectivity index (χ2v) is 7.75. The maximum atomic E-state index is 6.53. The third kappa shape index (κ3) is 0.903. The van der Waals surface area contributed by atoms with E-state index in [4.69, 9.17) is 5.73 Å². The molecule has 4 fully saturated rings. The molecule has 0 spiro atoms. The standard InChI is InChI=1S/C15H25N/c1-7-8(2)11-5-10(7)13-9-4-12(14(11)13)15(3,16)6-9/h7-14H,4-6,16H2,1-3H3. The van der Waals surface area contributed by atoms with Gasteiger partial charge in [-0.1, -0.05) is 13.8 Å². The zero-order valence-electron chi connectivity index (χ0n) is 10.8. The Hall–Kier alpha value is -0.0400. The van der Waals surface area contributed by atoms with Crippen LogP contribution in [0.15, 0.2) is 0 Å². The molecule has 0 aromatic carbocycles. The summed E-state index contributed by atoms with van der Waals surface area (Å²) in [7, 11) is 0. The summed E-state index contributed by atoms with van der Waals surface area (Å²) in [5, 5.41) is 0. The van der Waals surface area contributed by atoms with Gasteiger partial charge in [0.2, 0.25) is 0 Å². The maximum Gasteiger partial charge on any atom is 0.0160 e. The average Bonchev–Trinajstić information content (AvgIpc) is 2.85. The molecular formula is C15H25N. The Morgan fingerprint density at radius 1 is 1.00 bits per heavy atom. The third-order valence-corrected chi connectivity index (χ3v) is 7.27. The highest BCUT2D eigenvalue weighted by molar-refractivity contribution is 5.18. The van der Waals surface area contributed by atoms with Gasteiger partial charge in [-0.2, -0.15) is 0 Å². The van der Waals surface area contributed by atoms with Crippen molar-refractivity contribution in [3.8, 4) is 0 Å². The minimum Gasteiger partial charge on any atom is -0.325 e. The quantitative estimate of drug-likeness (QED) is 0.623. The first-order valence-corrected chi connectivity index (χ1v) is 7.29. The molecule has 0 heterocycles. The van der Waals surface area contributed by atoms with E-state index in [1.807, 2.05) is 0 Å². The van der Waals surface area contributed by atoms with E-state index in [0.29, 0.717) is 0 Å². The average molecular weight is 219 g/mol. The van der Waals surface area contributed by atoms with Gasteiger partial charge in [0.1, 0.15) is 0 Å². The van der Waals surface area contributed by atoms with Crippen molar-refractivity contribution >= 4 is 0 Å². The largest absolute Gasteiger partial charge is 0.325 e. The van der Waals surface area contributed by atoms with Crippen LogP contribution in [0.1, 0.15) is 40.0 Å². The van der Waals surface area contributed by atoms with E-state index < -0.39 is 0 Å². The van der Waals surface area contributed by atoms with Crippen LogP contribution in [0, 0.1) is 47.3 Å². The number of nitrogens with two attached hydrogens (primary N) is 1. The van der Waals surface area contributed by atoms with Crippen LogP contribution in [0.3, 0.4) is 0 Å². The molecule has 0 aromatic rings. The lowest BCUT2D eigenvalue weighted by Gasteiger charge is -2.46. The van der Waals surface area contributed by atoms with Gasteiger partial charge in [0.05, 0.1) is 0 Å². The van der Waals surface area contributed by atoms with Crippen LogP contribution in [-0.4, -0.2) is 5.54 Å². The molecule has 0 radical (unpaired) electrons. The molecule has 4 bridgehead atoms. The number of hydrogen-bond donors (Lipinski definition) is 1. The minimum atomic E-state index is 0.180. The highest BCUT2D eigenvalue weighted by Crippen LogP contribution is 2.71. The fourth-order valence-electron chi connectivity index (χ4n) is 6.63. The number of hydrogen-bond acceptors (Lipinski definition) is 1. The van der Waals surface area contributed by atoms with Crippen molar-refractivity contribution < 1.29 is 0 Å². The van der Waals surface area contributed by atoms with Gasteiger partial charge in [-0.3, -0.25) is 0 Å². The van der Waals surface area contributed by atoms with E-state index in [-0.39, 0.29) is 5.54 Å². The summed E-state index contributed by atoms with van der Waals surface area (Å²) in [6.45, 7) is 7.35. The van der Waals surface area contributed by atoms with Crippen molar-refractivity contribution in [2.75, 3.05) is 0 Å². The first-order chi connectivity index (χ1) is 7.50. The van der Waals surface area contributed by atoms with Crippen molar-refractivity contribution in [3.63, 3.8) is 0 Å². The molecule has 9 unspecified atom stereocenters. The lowest BCUT2D eigenvalue weighted by atomic mass is 9.61. The summed E-state index contributed by atoms with van der Waals surface area (Å²) < 4.78 is 0. The molecule has 16 heavy (non-hydrogen) atoms. The van der Waals surface area contributed by atoms with Crippen LogP contribution in [0.2, 0.25) is 0 Å². The zero-order valence-corrected chi connectivity index (χ0v) is 10.8. The normalized spacial score (nSPS) is 71.2. The molecule has 2 N–H and O–H groups in total. The van der Waals surface area contributed by atoms with Crippen LogP contribution in [-0.2, 0) is 0 Å². The van der Waals surface area contributed by atoms with Crippen molar-refractivity contribution in [2.24, 2.45) is 53.1 Å². The summed E-state index contributed by atoms with van der Waals surface area (Å²) in [4.78, 5) is 0. The van der Waals surface area contributed by atoms with Gasteiger partial charge in [0.15, 0.2) is 0 Å². The molecule has 90 valence electrons. The number of rotatable bonds is 0. The summed E-state index contributed by atoms with van der Waals surface area (Å²) in [5.74, 6) is 8.03. The topological polar surface area (TPSA) is 26.0 Å². The van der Waals surface area contributed by atoms with E-state index in [1.165, 1.54) is 12.8 Å². The molecule has 4 aliphatic carbocycles. The molecule has 1 heteroatoms. The van der Waals surface area contributed by atoms with Gasteiger partial charge in [-0.15, -0.1) is 0 Å². The molecule has 0 amide bonds. The van der Waals surface area contributed by atoms with Crippen molar-refractivity contribution in [3.05, 3.63) is 0 Å². The summed E-state index contributed by atoms with van der Waals surface area (Å²) in [5.41, 5.74) is 6.71. The van der Waals surface area contributed by atoms with E-state index in [0.717, 1.165) is 47.3 Å². The second kappa shape index (κ2) is 2.68. The van der Waals surface area contributed by atoms with Crippen LogP contribution >= 0.6 is 0 Å². The first-order valence-electron chi connectivity index (χ1n) is 7.29. The smallest absolute Gasteiger partial charge is 0.0160 e. The predicted octanol–water partition coefficient (Wildman–Crippen LogP) is 2.90. The Kier molecular flexibility index (Phi) is 1.67. The monoisotopic (exact) mass is 219 g/mol. The molecule has 4 aliphatic rings. The maximum absolute atomic E-state index is 6.53. The van der Waals surface area contributed by atoms with E-state index >= 15 is 0 Å². The molecule has 1 nitrogen and oxygen atoms in total. The summed E-state index contributed by atoms with van der Waals surface area (Å²) in [6, 6.07) is 0. The van der Waals surface area contributed by atoms with E-state index in [1.54, 1.807) is 6.42 Å². The highest BCUT2D eigenvalue weighted by Gasteiger charge is 2.67. The fourth-order valence-corrected chi connectivity index (χ4v) is 6.63. The molecule has 0 aliphatic heterocycles. The Balaban J connectivity index is 1.73. The van der Waals surface area contributed by atoms with Crippen molar-refractivity contribution in [2.45, 2.75) is 45.6 Å². The fraction of sp³-hybridized carbons (Fsp3) is 1.00. The Bertz CT molecular complexity index is 334. The lowest BCUT2D eigenvalue weighted by molar-refractivity contribution is 0.0404. The van der Waals surface area contributed by atoms with Crippen LogP contribution in [0.4, 0.5) is 0 Å². The molecule has 9 atom stereocenters. The van der Waals surface area contributed by atoms with Crippen molar-refractivity contribution in [1.82, 2.24) is 0 Å². The zero-order chi connectivity index (χ0) is 11.2. The van der Waals surface area contributed by atoms with Gasteiger partial charge in [0.25, 0.3) is 0 Å². The SMILES string of the molecule is CC1C(C)C2CC1C1C3CC(C21)C(C)(N)C3. The predicted molar refractivity (Wildman–Crippen MR) is 65.7 cm³/mol. The highest BCUT2D eigenvalue weighted by atomic mass is 14.8. The van der Waals surface area contributed by atoms with Crippen LogP contribution in [0.25, 0.3) is 0 Å². The van der Waals surface area contributed by atoms with Crippen molar-refractivity contribution in [1.29, 1.82) is 0 Å². The summed E-state index contributed by atoms with van der Waals surface area (Å²) in [6.07, 6.45) is 4.33. The van der Waals surface area contributed by atoms with Gasteiger partial charge in [0, 0.05) is 5.54 Å². The van der Waals surface area contributed by atoms with Crippen LogP contribution < -0.4 is 5.73 Å². The van der Waals surface area contributed by atoms with Gasteiger partial charge >= 0.3 is 0 Å². The third-order valence-electron chi connectivity index (χ3n) is 7.27. The lowest BCUT2D eigenvalue weighted by Crippen LogP contribution is -2.50. The molecule has 4 rings (SSSR count). The van der Waals surface area contributed by atoms with Gasteiger partial charge in [-0.05, 0) is 73.5 Å². The van der Waals surface area contributed by atoms with Gasteiger partial charge in [-0.25, -0.2) is 0 Å². The molecule has 0 saturated heterocycles. The Morgan fingerprint density at radius 2 is 1.62 bits per heavy atom. The Labute approximate surface area is 99.2 Å². The van der Waals surface area contributed by atoms with E-state index in [2.05, 4.69) is 20.8 Å². The van der Waals surface area contributed by atoms with Crippen LogP contribution in [0.5, 0.6) is 0 Å². The first kappa shape index (κ1) is 9.94. The molecular weight excluding hydrogens is 194 g/mol. The van der Waals surface area contributed by atoms with E-state index in [9.17, 15) is 0 Å². The molecule has 4 saturated carbocycles. The molecule has 0 aromatic heterocycles.